The smallest absolute Gasteiger partial charge is 0.325 e. The number of hydrogen-bond donors (Lipinski definition) is 1. The van der Waals surface area contributed by atoms with Crippen molar-refractivity contribution in [1.82, 2.24) is 24.9 Å². The molecule has 0 bridgehead atoms. The normalized spacial score (nSPS) is 25.5. The predicted octanol–water partition coefficient (Wildman–Crippen LogP) is 0.279. The van der Waals surface area contributed by atoms with E-state index in [1.165, 1.54) is 4.90 Å². The minimum absolute atomic E-state index is 0.168. The summed E-state index contributed by atoms with van der Waals surface area (Å²) in [7, 11) is 1.67. The van der Waals surface area contributed by atoms with E-state index >= 15 is 0 Å². The topological polar surface area (TPSA) is 88.6 Å². The molecule has 9 heteroatoms. The van der Waals surface area contributed by atoms with E-state index < -0.39 is 18.2 Å². The molecule has 0 aromatic rings. The van der Waals surface area contributed by atoms with Gasteiger partial charge in [0.05, 0.1) is 0 Å². The monoisotopic (exact) mass is 378 g/mol. The van der Waals surface area contributed by atoms with Crippen molar-refractivity contribution >= 4 is 23.8 Å². The summed E-state index contributed by atoms with van der Waals surface area (Å²) in [5, 5.41) is 2.44. The number of guanidine groups is 1. The van der Waals surface area contributed by atoms with Crippen molar-refractivity contribution in [2.75, 3.05) is 39.8 Å². The molecule has 150 valence electrons. The highest BCUT2D eigenvalue weighted by Gasteiger charge is 2.49. The molecule has 27 heavy (non-hydrogen) atoms. The number of piperazine rings is 1. The third-order valence-electron chi connectivity index (χ3n) is 5.56. The van der Waals surface area contributed by atoms with Crippen molar-refractivity contribution in [2.24, 2.45) is 4.99 Å². The molecule has 0 aliphatic carbocycles. The van der Waals surface area contributed by atoms with Crippen LogP contribution in [0.4, 0.5) is 4.79 Å². The van der Waals surface area contributed by atoms with E-state index in [-0.39, 0.29) is 11.8 Å². The number of amides is 4. The van der Waals surface area contributed by atoms with Gasteiger partial charge < -0.3 is 19.6 Å². The molecule has 2 unspecified atom stereocenters. The number of nitrogens with zero attached hydrogens (tertiary/aromatic N) is 5. The highest BCUT2D eigenvalue weighted by atomic mass is 16.2. The van der Waals surface area contributed by atoms with E-state index in [1.54, 1.807) is 7.05 Å². The number of carbonyl (C=O) groups excluding carboxylic acids is 3. The molecule has 0 aromatic carbocycles. The number of likely N-dealkylation sites (N-methyl/N-ethyl adjacent to an activating group) is 1. The lowest BCUT2D eigenvalue weighted by Gasteiger charge is -2.40. The molecule has 0 spiro atoms. The van der Waals surface area contributed by atoms with Gasteiger partial charge in [-0.05, 0) is 6.42 Å². The van der Waals surface area contributed by atoms with Crippen molar-refractivity contribution in [3.05, 3.63) is 0 Å². The number of unbranched alkanes of at least 4 members (excludes halogenated alkanes) is 2. The minimum atomic E-state index is -0.488. The van der Waals surface area contributed by atoms with Crippen molar-refractivity contribution in [1.29, 1.82) is 0 Å². The van der Waals surface area contributed by atoms with Crippen LogP contribution in [0.5, 0.6) is 0 Å². The van der Waals surface area contributed by atoms with E-state index in [1.807, 2.05) is 11.8 Å². The Morgan fingerprint density at radius 1 is 1.15 bits per heavy atom. The van der Waals surface area contributed by atoms with Gasteiger partial charge in [-0.3, -0.25) is 14.9 Å². The third kappa shape index (κ3) is 3.72. The van der Waals surface area contributed by atoms with E-state index in [2.05, 4.69) is 22.0 Å². The molecule has 2 atom stereocenters. The Morgan fingerprint density at radius 2 is 1.85 bits per heavy atom. The van der Waals surface area contributed by atoms with E-state index in [0.29, 0.717) is 32.6 Å². The molecule has 3 aliphatic rings. The molecular formula is C18H30N6O3. The SMILES string of the molecule is CCCCCN1C(N2CCN(C(=O)CC)CC2)=NC2C1C(=O)NC(=O)N2C. The lowest BCUT2D eigenvalue weighted by atomic mass is 10.1. The van der Waals surface area contributed by atoms with Gasteiger partial charge in [0, 0.05) is 46.2 Å². The number of urea groups is 1. The zero-order valence-corrected chi connectivity index (χ0v) is 16.5. The van der Waals surface area contributed by atoms with Gasteiger partial charge in [0.1, 0.15) is 0 Å². The first-order valence-electron chi connectivity index (χ1n) is 9.92. The molecule has 2 fully saturated rings. The van der Waals surface area contributed by atoms with Crippen molar-refractivity contribution in [3.8, 4) is 0 Å². The highest BCUT2D eigenvalue weighted by molar-refractivity contribution is 6.03. The second kappa shape index (κ2) is 8.14. The molecular weight excluding hydrogens is 348 g/mol. The van der Waals surface area contributed by atoms with Crippen LogP contribution >= 0.6 is 0 Å². The lowest BCUT2D eigenvalue weighted by molar-refractivity contribution is -0.132. The van der Waals surface area contributed by atoms with Gasteiger partial charge in [-0.25, -0.2) is 9.79 Å². The Bertz CT molecular complexity index is 629. The highest BCUT2D eigenvalue weighted by Crippen LogP contribution is 2.26. The van der Waals surface area contributed by atoms with Crippen LogP contribution in [0.3, 0.4) is 0 Å². The molecule has 4 amide bonds. The number of aliphatic imine (C=N–C) groups is 1. The summed E-state index contributed by atoms with van der Waals surface area (Å²) in [5.74, 6) is 0.667. The number of hydrogen-bond acceptors (Lipinski definition) is 6. The van der Waals surface area contributed by atoms with Crippen LogP contribution in [0.15, 0.2) is 4.99 Å². The summed E-state index contributed by atoms with van der Waals surface area (Å²) in [6.45, 7) is 7.45. The second-order valence-electron chi connectivity index (χ2n) is 7.31. The molecule has 2 saturated heterocycles. The molecule has 9 nitrogen and oxygen atoms in total. The van der Waals surface area contributed by atoms with Gasteiger partial charge in [0.15, 0.2) is 18.2 Å². The first-order valence-corrected chi connectivity index (χ1v) is 9.92. The van der Waals surface area contributed by atoms with Gasteiger partial charge in [-0.15, -0.1) is 0 Å². The molecule has 0 saturated carbocycles. The summed E-state index contributed by atoms with van der Waals surface area (Å²) < 4.78 is 0. The van der Waals surface area contributed by atoms with E-state index in [0.717, 1.165) is 31.8 Å². The van der Waals surface area contributed by atoms with Crippen LogP contribution in [-0.4, -0.2) is 95.4 Å². The molecule has 3 heterocycles. The first-order chi connectivity index (χ1) is 13.0. The fourth-order valence-corrected chi connectivity index (χ4v) is 3.93. The Balaban J connectivity index is 1.77. The second-order valence-corrected chi connectivity index (χ2v) is 7.31. The molecule has 3 rings (SSSR count). The summed E-state index contributed by atoms with van der Waals surface area (Å²) in [4.78, 5) is 48.8. The van der Waals surface area contributed by atoms with E-state index in [4.69, 9.17) is 4.99 Å². The molecule has 0 aromatic heterocycles. The van der Waals surface area contributed by atoms with Gasteiger partial charge in [0.25, 0.3) is 5.91 Å². The maximum atomic E-state index is 12.5. The van der Waals surface area contributed by atoms with Crippen LogP contribution in [0, 0.1) is 0 Å². The van der Waals surface area contributed by atoms with Crippen LogP contribution in [-0.2, 0) is 9.59 Å². The van der Waals surface area contributed by atoms with Crippen molar-refractivity contribution in [2.45, 2.75) is 51.7 Å². The summed E-state index contributed by atoms with van der Waals surface area (Å²) >= 11 is 0. The molecule has 3 aliphatic heterocycles. The number of fused-ring (bicyclic) bond motifs is 1. The lowest BCUT2D eigenvalue weighted by Crippen LogP contribution is -2.64. The average molecular weight is 378 g/mol. The maximum Gasteiger partial charge on any atom is 0.325 e. The summed E-state index contributed by atoms with van der Waals surface area (Å²) in [6.07, 6.45) is 3.17. The summed E-state index contributed by atoms with van der Waals surface area (Å²) in [5.41, 5.74) is 0. The van der Waals surface area contributed by atoms with Gasteiger partial charge in [-0.1, -0.05) is 26.7 Å². The standard InChI is InChI=1S/C18H30N6O3/c1-4-6-7-8-24-14-15(21(3)18(27)20-16(14)26)19-17(24)23-11-9-22(10-12-23)13(25)5-2/h14-15H,4-12H2,1-3H3,(H,20,26,27). The van der Waals surface area contributed by atoms with Crippen LogP contribution in [0.25, 0.3) is 0 Å². The first kappa shape index (κ1) is 19.4. The largest absolute Gasteiger partial charge is 0.339 e. The number of imide groups is 1. The average Bonchev–Trinajstić information content (AvgIpc) is 3.06. The fourth-order valence-electron chi connectivity index (χ4n) is 3.93. The van der Waals surface area contributed by atoms with Gasteiger partial charge in [0.2, 0.25) is 5.91 Å². The van der Waals surface area contributed by atoms with Gasteiger partial charge in [-0.2, -0.15) is 0 Å². The Hall–Kier alpha value is -2.32. The predicted molar refractivity (Wildman–Crippen MR) is 101 cm³/mol. The molecule has 0 radical (unpaired) electrons. The van der Waals surface area contributed by atoms with E-state index in [9.17, 15) is 14.4 Å². The number of rotatable bonds is 5. The van der Waals surface area contributed by atoms with Crippen molar-refractivity contribution in [3.63, 3.8) is 0 Å². The quantitative estimate of drug-likeness (QED) is 0.694. The van der Waals surface area contributed by atoms with Crippen molar-refractivity contribution < 1.29 is 14.4 Å². The Kier molecular flexibility index (Phi) is 5.86. The van der Waals surface area contributed by atoms with Crippen LogP contribution in [0.1, 0.15) is 39.5 Å². The Labute approximate surface area is 160 Å². The number of nitrogens with one attached hydrogen (secondary N) is 1. The minimum Gasteiger partial charge on any atom is -0.339 e. The third-order valence-corrected chi connectivity index (χ3v) is 5.56. The zero-order chi connectivity index (χ0) is 19.6. The summed E-state index contributed by atoms with van der Waals surface area (Å²) in [6, 6.07) is -0.882. The zero-order valence-electron chi connectivity index (χ0n) is 16.5. The van der Waals surface area contributed by atoms with Gasteiger partial charge >= 0.3 is 6.03 Å². The Morgan fingerprint density at radius 3 is 2.48 bits per heavy atom. The van der Waals surface area contributed by atoms with Crippen LogP contribution in [0.2, 0.25) is 0 Å². The van der Waals surface area contributed by atoms with Crippen LogP contribution < -0.4 is 5.32 Å². The molecule has 1 N–H and O–H groups in total. The fraction of sp³-hybridized carbons (Fsp3) is 0.778. The number of carbonyl (C=O) groups is 3. The maximum absolute atomic E-state index is 12.5.